The van der Waals surface area contributed by atoms with Gasteiger partial charge in [0.2, 0.25) is 0 Å². The lowest BCUT2D eigenvalue weighted by Gasteiger charge is -2.32. The summed E-state index contributed by atoms with van der Waals surface area (Å²) in [7, 11) is 0. The largest absolute Gasteiger partial charge is 0.481 e. The molecule has 17 heavy (non-hydrogen) atoms. The molecule has 0 saturated heterocycles. The van der Waals surface area contributed by atoms with Crippen molar-refractivity contribution in [1.82, 2.24) is 0 Å². The monoisotopic (exact) mass is 236 g/mol. The van der Waals surface area contributed by atoms with Crippen LogP contribution < -0.4 is 0 Å². The molecule has 0 aliphatic heterocycles. The number of carbonyl (C=O) groups is 1. The molecule has 0 aromatic carbocycles. The van der Waals surface area contributed by atoms with E-state index in [0.717, 1.165) is 12.8 Å². The predicted molar refractivity (Wildman–Crippen MR) is 72.9 cm³/mol. The molecule has 0 aromatic heterocycles. The van der Waals surface area contributed by atoms with E-state index >= 15 is 0 Å². The standard InChI is InChI=1S/C15H24O2/c1-7-15(6,10-8-9-11(2)3)13(12(4)5)14(16)17/h7,9,13H,1,4,8,10H2,2-3,5-6H3,(H,16,17)/t13-,15-/m1/s1. The molecule has 0 amide bonds. The maximum atomic E-state index is 11.3. The minimum atomic E-state index is -0.822. The number of aliphatic carboxylic acids is 1. The van der Waals surface area contributed by atoms with Gasteiger partial charge in [0.1, 0.15) is 0 Å². The Kier molecular flexibility index (Phi) is 5.94. The van der Waals surface area contributed by atoms with Crippen LogP contribution in [0.25, 0.3) is 0 Å². The first kappa shape index (κ1) is 15.7. The number of hydrogen-bond acceptors (Lipinski definition) is 1. The maximum Gasteiger partial charge on any atom is 0.311 e. The van der Waals surface area contributed by atoms with E-state index in [2.05, 4.69) is 19.2 Å². The molecule has 2 atom stereocenters. The van der Waals surface area contributed by atoms with Crippen molar-refractivity contribution >= 4 is 5.97 Å². The molecule has 0 aromatic rings. The molecule has 0 rings (SSSR count). The predicted octanol–water partition coefficient (Wildman–Crippen LogP) is 4.20. The topological polar surface area (TPSA) is 37.3 Å². The van der Waals surface area contributed by atoms with Gasteiger partial charge in [0.25, 0.3) is 0 Å². The van der Waals surface area contributed by atoms with Gasteiger partial charge < -0.3 is 5.11 Å². The van der Waals surface area contributed by atoms with E-state index in [0.29, 0.717) is 5.57 Å². The Morgan fingerprint density at radius 3 is 2.24 bits per heavy atom. The second-order valence-electron chi connectivity index (χ2n) is 5.15. The Labute approximate surface area is 105 Å². The van der Waals surface area contributed by atoms with Crippen LogP contribution in [0.3, 0.4) is 0 Å². The average molecular weight is 236 g/mol. The molecule has 0 aliphatic carbocycles. The van der Waals surface area contributed by atoms with Crippen molar-refractivity contribution in [3.05, 3.63) is 36.5 Å². The van der Waals surface area contributed by atoms with Crippen LogP contribution >= 0.6 is 0 Å². The van der Waals surface area contributed by atoms with Gasteiger partial charge in [-0.05, 0) is 33.6 Å². The number of carboxylic acids is 1. The second kappa shape index (κ2) is 6.43. The molecular formula is C15H24O2. The minimum absolute atomic E-state index is 0.441. The molecule has 0 radical (unpaired) electrons. The van der Waals surface area contributed by atoms with E-state index in [1.54, 1.807) is 13.0 Å². The number of rotatable bonds is 7. The highest BCUT2D eigenvalue weighted by molar-refractivity contribution is 5.74. The van der Waals surface area contributed by atoms with E-state index in [-0.39, 0.29) is 0 Å². The Morgan fingerprint density at radius 2 is 1.94 bits per heavy atom. The van der Waals surface area contributed by atoms with Gasteiger partial charge in [-0.3, -0.25) is 4.79 Å². The summed E-state index contributed by atoms with van der Waals surface area (Å²) in [6.45, 7) is 15.4. The summed E-state index contributed by atoms with van der Waals surface area (Å²) >= 11 is 0. The van der Waals surface area contributed by atoms with Gasteiger partial charge in [0.15, 0.2) is 0 Å². The van der Waals surface area contributed by atoms with Crippen LogP contribution in [-0.4, -0.2) is 11.1 Å². The van der Waals surface area contributed by atoms with Gasteiger partial charge in [-0.2, -0.15) is 0 Å². The van der Waals surface area contributed by atoms with Crippen molar-refractivity contribution in [2.75, 3.05) is 0 Å². The summed E-state index contributed by atoms with van der Waals surface area (Å²) in [5, 5.41) is 9.29. The van der Waals surface area contributed by atoms with Crippen molar-refractivity contribution in [1.29, 1.82) is 0 Å². The molecule has 0 heterocycles. The maximum absolute atomic E-state index is 11.3. The van der Waals surface area contributed by atoms with Crippen LogP contribution in [0.4, 0.5) is 0 Å². The Hall–Kier alpha value is -1.31. The van der Waals surface area contributed by atoms with E-state index in [1.165, 1.54) is 5.57 Å². The molecule has 96 valence electrons. The molecule has 0 saturated carbocycles. The SMILES string of the molecule is C=C[C@](C)(CCC=C(C)C)[C@H](C(=C)C)C(=O)O. The van der Waals surface area contributed by atoms with E-state index in [9.17, 15) is 9.90 Å². The van der Waals surface area contributed by atoms with Crippen molar-refractivity contribution in [2.45, 2.75) is 40.5 Å². The number of allylic oxidation sites excluding steroid dienone is 3. The van der Waals surface area contributed by atoms with Crippen LogP contribution in [0.2, 0.25) is 0 Å². The van der Waals surface area contributed by atoms with Crippen LogP contribution in [-0.2, 0) is 4.79 Å². The molecule has 1 N–H and O–H groups in total. The van der Waals surface area contributed by atoms with Crippen molar-refractivity contribution in [3.8, 4) is 0 Å². The first-order chi connectivity index (χ1) is 7.74. The fraction of sp³-hybridized carbons (Fsp3) is 0.533. The Balaban J connectivity index is 4.97. The fourth-order valence-corrected chi connectivity index (χ4v) is 2.09. The van der Waals surface area contributed by atoms with E-state index in [4.69, 9.17) is 0 Å². The van der Waals surface area contributed by atoms with Gasteiger partial charge >= 0.3 is 5.97 Å². The zero-order chi connectivity index (χ0) is 13.6. The second-order valence-corrected chi connectivity index (χ2v) is 5.15. The molecule has 0 unspecified atom stereocenters. The summed E-state index contributed by atoms with van der Waals surface area (Å²) in [5.41, 5.74) is 1.49. The van der Waals surface area contributed by atoms with E-state index < -0.39 is 17.3 Å². The van der Waals surface area contributed by atoms with Gasteiger partial charge in [-0.15, -0.1) is 6.58 Å². The highest BCUT2D eigenvalue weighted by atomic mass is 16.4. The van der Waals surface area contributed by atoms with Gasteiger partial charge in [-0.1, -0.05) is 36.8 Å². The minimum Gasteiger partial charge on any atom is -0.481 e. The summed E-state index contributed by atoms with van der Waals surface area (Å²) in [5.74, 6) is -1.39. The number of hydrogen-bond donors (Lipinski definition) is 1. The van der Waals surface area contributed by atoms with Gasteiger partial charge in [-0.25, -0.2) is 0 Å². The molecule has 2 heteroatoms. The van der Waals surface area contributed by atoms with Crippen molar-refractivity contribution in [2.24, 2.45) is 11.3 Å². The summed E-state index contributed by atoms with van der Waals surface area (Å²) in [6.07, 6.45) is 5.51. The first-order valence-electron chi connectivity index (χ1n) is 5.89. The quantitative estimate of drug-likeness (QED) is 0.672. The lowest BCUT2D eigenvalue weighted by molar-refractivity contribution is -0.143. The Morgan fingerprint density at radius 1 is 1.41 bits per heavy atom. The van der Waals surface area contributed by atoms with Gasteiger partial charge in [0, 0.05) is 5.41 Å². The third kappa shape index (κ3) is 4.59. The van der Waals surface area contributed by atoms with Crippen LogP contribution in [0.5, 0.6) is 0 Å². The van der Waals surface area contributed by atoms with Crippen LogP contribution in [0.15, 0.2) is 36.5 Å². The van der Waals surface area contributed by atoms with Crippen LogP contribution in [0.1, 0.15) is 40.5 Å². The first-order valence-corrected chi connectivity index (χ1v) is 5.89. The number of carboxylic acid groups (broad SMARTS) is 1. The molecule has 0 bridgehead atoms. The van der Waals surface area contributed by atoms with E-state index in [1.807, 2.05) is 20.8 Å². The smallest absolute Gasteiger partial charge is 0.311 e. The van der Waals surface area contributed by atoms with Gasteiger partial charge in [0.05, 0.1) is 5.92 Å². The highest BCUT2D eigenvalue weighted by Crippen LogP contribution is 2.38. The summed E-state index contributed by atoms with van der Waals surface area (Å²) < 4.78 is 0. The third-order valence-corrected chi connectivity index (χ3v) is 3.10. The molecular weight excluding hydrogens is 212 g/mol. The zero-order valence-corrected chi connectivity index (χ0v) is 11.4. The molecule has 0 aliphatic rings. The lowest BCUT2D eigenvalue weighted by Crippen LogP contribution is -2.32. The summed E-state index contributed by atoms with van der Waals surface area (Å²) in [6, 6.07) is 0. The average Bonchev–Trinajstić information content (AvgIpc) is 2.15. The molecule has 0 fully saturated rings. The molecule has 0 spiro atoms. The highest BCUT2D eigenvalue weighted by Gasteiger charge is 2.36. The zero-order valence-electron chi connectivity index (χ0n) is 11.4. The fourth-order valence-electron chi connectivity index (χ4n) is 2.09. The van der Waals surface area contributed by atoms with Crippen LogP contribution in [0, 0.1) is 11.3 Å². The van der Waals surface area contributed by atoms with Crippen molar-refractivity contribution < 1.29 is 9.90 Å². The third-order valence-electron chi connectivity index (χ3n) is 3.10. The lowest BCUT2D eigenvalue weighted by atomic mass is 9.71. The van der Waals surface area contributed by atoms with Crippen molar-refractivity contribution in [3.63, 3.8) is 0 Å². The molecule has 2 nitrogen and oxygen atoms in total. The normalized spacial score (nSPS) is 15.5. The summed E-state index contributed by atoms with van der Waals surface area (Å²) in [4.78, 5) is 11.3. The Bertz CT molecular complexity index is 321.